The van der Waals surface area contributed by atoms with Crippen LogP contribution in [0.15, 0.2) is 36.4 Å². The molecule has 0 saturated carbocycles. The van der Waals surface area contributed by atoms with E-state index < -0.39 is 6.61 Å². The van der Waals surface area contributed by atoms with Crippen molar-refractivity contribution in [2.75, 3.05) is 13.1 Å². The molecule has 0 atom stereocenters. The molecule has 154 valence electrons. The highest BCUT2D eigenvalue weighted by Gasteiger charge is 2.30. The molecule has 0 unspecified atom stereocenters. The minimum absolute atomic E-state index is 0.0914. The molecule has 0 radical (unpaired) electrons. The summed E-state index contributed by atoms with van der Waals surface area (Å²) in [5.74, 6) is 0.657. The lowest BCUT2D eigenvalue weighted by atomic mass is 9.90. The molecule has 1 amide bonds. The van der Waals surface area contributed by atoms with E-state index in [0.717, 1.165) is 43.5 Å². The highest BCUT2D eigenvalue weighted by atomic mass is 35.5. The fourth-order valence-electron chi connectivity index (χ4n) is 4.19. The molecule has 1 fully saturated rings. The maximum atomic E-state index is 12.8. The molecule has 1 N–H and O–H groups in total. The van der Waals surface area contributed by atoms with Gasteiger partial charge in [-0.2, -0.15) is 8.78 Å². The topological polar surface area (TPSA) is 41.6 Å². The Kier molecular flexibility index (Phi) is 6.01. The number of hydrogen-bond acceptors (Lipinski definition) is 3. The standard InChI is InChI=1S/C22H23ClF2N2O2/c23-19-11-16(9-14-5-7-26-8-6-14)10-17-13-27(21(28)20(17)19)12-15-1-3-18(4-2-15)29-22(24)25/h1-4,10-11,14,22,26H,5-9,12-13H2. The number of amides is 1. The van der Waals surface area contributed by atoms with Crippen LogP contribution in [-0.4, -0.2) is 30.5 Å². The van der Waals surface area contributed by atoms with E-state index in [-0.39, 0.29) is 11.7 Å². The number of ether oxygens (including phenoxy) is 1. The summed E-state index contributed by atoms with van der Waals surface area (Å²) >= 11 is 6.48. The maximum Gasteiger partial charge on any atom is 0.387 e. The Labute approximate surface area is 173 Å². The van der Waals surface area contributed by atoms with Crippen LogP contribution in [0.4, 0.5) is 8.78 Å². The lowest BCUT2D eigenvalue weighted by Gasteiger charge is -2.22. The van der Waals surface area contributed by atoms with Crippen LogP contribution in [-0.2, 0) is 19.5 Å². The van der Waals surface area contributed by atoms with E-state index >= 15 is 0 Å². The average molecular weight is 421 g/mol. The zero-order valence-corrected chi connectivity index (χ0v) is 16.7. The minimum Gasteiger partial charge on any atom is -0.435 e. The molecular formula is C22H23ClF2N2O2. The van der Waals surface area contributed by atoms with Gasteiger partial charge < -0.3 is 15.0 Å². The van der Waals surface area contributed by atoms with E-state index in [9.17, 15) is 13.6 Å². The smallest absolute Gasteiger partial charge is 0.387 e. The Morgan fingerprint density at radius 2 is 1.86 bits per heavy atom. The first-order valence-electron chi connectivity index (χ1n) is 9.84. The number of piperidine rings is 1. The Morgan fingerprint density at radius 1 is 1.14 bits per heavy atom. The number of alkyl halides is 2. The molecule has 2 aromatic rings. The van der Waals surface area contributed by atoms with E-state index in [0.29, 0.717) is 29.6 Å². The van der Waals surface area contributed by atoms with Crippen molar-refractivity contribution in [2.45, 2.75) is 39.0 Å². The van der Waals surface area contributed by atoms with E-state index in [2.05, 4.69) is 16.1 Å². The lowest BCUT2D eigenvalue weighted by molar-refractivity contribution is -0.0498. The molecule has 2 heterocycles. The Balaban J connectivity index is 1.45. The maximum absolute atomic E-state index is 12.8. The Bertz CT molecular complexity index is 883. The van der Waals surface area contributed by atoms with Crippen molar-refractivity contribution in [3.05, 3.63) is 63.7 Å². The van der Waals surface area contributed by atoms with Crippen molar-refractivity contribution in [1.29, 1.82) is 0 Å². The second kappa shape index (κ2) is 8.67. The molecule has 2 aromatic carbocycles. The number of benzene rings is 2. The minimum atomic E-state index is -2.85. The largest absolute Gasteiger partial charge is 0.435 e. The summed E-state index contributed by atoms with van der Waals surface area (Å²) in [6.45, 7) is 0.149. The summed E-state index contributed by atoms with van der Waals surface area (Å²) in [6.07, 6.45) is 3.30. The zero-order chi connectivity index (χ0) is 20.4. The fraction of sp³-hybridized carbons (Fsp3) is 0.409. The van der Waals surface area contributed by atoms with Gasteiger partial charge in [-0.25, -0.2) is 0 Å². The highest BCUT2D eigenvalue weighted by Crippen LogP contribution is 2.33. The zero-order valence-electron chi connectivity index (χ0n) is 16.0. The normalized spacial score (nSPS) is 17.1. The molecule has 2 aliphatic rings. The van der Waals surface area contributed by atoms with Crippen molar-refractivity contribution in [3.8, 4) is 5.75 Å². The molecule has 1 saturated heterocycles. The lowest BCUT2D eigenvalue weighted by Crippen LogP contribution is -2.28. The quantitative estimate of drug-likeness (QED) is 0.740. The summed E-state index contributed by atoms with van der Waals surface area (Å²) in [6, 6.07) is 10.4. The molecule has 0 bridgehead atoms. The number of hydrogen-bond donors (Lipinski definition) is 1. The van der Waals surface area contributed by atoms with Gasteiger partial charge in [0, 0.05) is 13.1 Å². The van der Waals surface area contributed by atoms with Crippen LogP contribution < -0.4 is 10.1 Å². The van der Waals surface area contributed by atoms with Gasteiger partial charge in [-0.15, -0.1) is 0 Å². The van der Waals surface area contributed by atoms with Gasteiger partial charge in [0.25, 0.3) is 5.91 Å². The molecule has 0 spiro atoms. The predicted octanol–water partition coefficient (Wildman–Crippen LogP) is 4.64. The van der Waals surface area contributed by atoms with Crippen LogP contribution in [0.5, 0.6) is 5.75 Å². The average Bonchev–Trinajstić information content (AvgIpc) is 2.99. The Hall–Kier alpha value is -2.18. The van der Waals surface area contributed by atoms with Gasteiger partial charge >= 0.3 is 6.61 Å². The van der Waals surface area contributed by atoms with Gasteiger partial charge in [-0.05, 0) is 73.2 Å². The molecule has 0 aliphatic carbocycles. The monoisotopic (exact) mass is 420 g/mol. The van der Waals surface area contributed by atoms with Crippen molar-refractivity contribution < 1.29 is 18.3 Å². The van der Waals surface area contributed by atoms with Crippen LogP contribution in [0, 0.1) is 5.92 Å². The number of rotatable bonds is 6. The summed E-state index contributed by atoms with van der Waals surface area (Å²) in [4.78, 5) is 14.6. The van der Waals surface area contributed by atoms with Gasteiger partial charge in [0.05, 0.1) is 10.6 Å². The number of carbonyl (C=O) groups excluding carboxylic acids is 1. The first-order valence-corrected chi connectivity index (χ1v) is 10.2. The third-order valence-corrected chi connectivity index (χ3v) is 5.90. The number of nitrogens with zero attached hydrogens (tertiary/aromatic N) is 1. The number of carbonyl (C=O) groups is 1. The van der Waals surface area contributed by atoms with Crippen LogP contribution in [0.1, 0.15) is 39.9 Å². The molecule has 2 aliphatic heterocycles. The Morgan fingerprint density at radius 3 is 2.55 bits per heavy atom. The summed E-state index contributed by atoms with van der Waals surface area (Å²) in [5, 5.41) is 3.89. The van der Waals surface area contributed by atoms with Crippen molar-refractivity contribution >= 4 is 17.5 Å². The molecule has 7 heteroatoms. The van der Waals surface area contributed by atoms with Gasteiger partial charge in [-0.1, -0.05) is 29.8 Å². The first kappa shape index (κ1) is 20.1. The van der Waals surface area contributed by atoms with Gasteiger partial charge in [-0.3, -0.25) is 4.79 Å². The molecule has 0 aromatic heterocycles. The van der Waals surface area contributed by atoms with Gasteiger partial charge in [0.1, 0.15) is 5.75 Å². The molecule has 29 heavy (non-hydrogen) atoms. The van der Waals surface area contributed by atoms with E-state index in [1.165, 1.54) is 17.7 Å². The summed E-state index contributed by atoms with van der Waals surface area (Å²) in [7, 11) is 0. The van der Waals surface area contributed by atoms with Gasteiger partial charge in [0.15, 0.2) is 0 Å². The molecule has 4 rings (SSSR count). The highest BCUT2D eigenvalue weighted by molar-refractivity contribution is 6.34. The van der Waals surface area contributed by atoms with Crippen molar-refractivity contribution in [2.24, 2.45) is 5.92 Å². The van der Waals surface area contributed by atoms with E-state index in [1.54, 1.807) is 17.0 Å². The van der Waals surface area contributed by atoms with E-state index in [4.69, 9.17) is 11.6 Å². The second-order valence-corrected chi connectivity index (χ2v) is 8.10. The third kappa shape index (κ3) is 4.70. The van der Waals surface area contributed by atoms with Gasteiger partial charge in [0.2, 0.25) is 0 Å². The van der Waals surface area contributed by atoms with E-state index in [1.807, 2.05) is 6.07 Å². The molecular weight excluding hydrogens is 398 g/mol. The fourth-order valence-corrected chi connectivity index (χ4v) is 4.53. The number of fused-ring (bicyclic) bond motifs is 1. The van der Waals surface area contributed by atoms with Crippen LogP contribution >= 0.6 is 11.6 Å². The van der Waals surface area contributed by atoms with Crippen LogP contribution in [0.2, 0.25) is 5.02 Å². The van der Waals surface area contributed by atoms with Crippen molar-refractivity contribution in [3.63, 3.8) is 0 Å². The van der Waals surface area contributed by atoms with Crippen molar-refractivity contribution in [1.82, 2.24) is 10.2 Å². The van der Waals surface area contributed by atoms with Crippen LogP contribution in [0.3, 0.4) is 0 Å². The first-order chi connectivity index (χ1) is 14.0. The number of nitrogens with one attached hydrogen (secondary N) is 1. The molecule has 4 nitrogen and oxygen atoms in total. The third-order valence-electron chi connectivity index (χ3n) is 5.60. The summed E-state index contributed by atoms with van der Waals surface area (Å²) < 4.78 is 28.9. The van der Waals surface area contributed by atoms with Crippen LogP contribution in [0.25, 0.3) is 0 Å². The summed E-state index contributed by atoms with van der Waals surface area (Å²) in [5.41, 5.74) is 3.57. The second-order valence-electron chi connectivity index (χ2n) is 7.69. The number of halogens is 3. The SMILES string of the molecule is O=C1c2c(Cl)cc(CC3CCNCC3)cc2CN1Cc1ccc(OC(F)F)cc1. The predicted molar refractivity (Wildman–Crippen MR) is 107 cm³/mol.